The van der Waals surface area contributed by atoms with Crippen LogP contribution in [0.5, 0.6) is 0 Å². The molecule has 1 aromatic heterocycles. The van der Waals surface area contributed by atoms with Gasteiger partial charge in [0.1, 0.15) is 0 Å². The van der Waals surface area contributed by atoms with E-state index in [1.54, 1.807) is 19.3 Å². The van der Waals surface area contributed by atoms with Gasteiger partial charge in [-0.05, 0) is 43.5 Å². The summed E-state index contributed by atoms with van der Waals surface area (Å²) in [5.41, 5.74) is 1.45. The van der Waals surface area contributed by atoms with Gasteiger partial charge in [-0.2, -0.15) is 0 Å². The fourth-order valence-electron chi connectivity index (χ4n) is 2.10. The summed E-state index contributed by atoms with van der Waals surface area (Å²) in [6.07, 6.45) is 3.34. The quantitative estimate of drug-likeness (QED) is 0.888. The number of carbonyl (C=O) groups is 1. The van der Waals surface area contributed by atoms with Crippen molar-refractivity contribution in [1.82, 2.24) is 9.88 Å². The minimum atomic E-state index is -0.207. The summed E-state index contributed by atoms with van der Waals surface area (Å²) in [6.45, 7) is 1.97. The molecule has 116 valence electrons. The SMILES string of the molecule is CC(CCc1ccc(Br)cc1)NC(=O)c1ccn(C)c(=O)c1. The highest BCUT2D eigenvalue weighted by Crippen LogP contribution is 2.12. The van der Waals surface area contributed by atoms with Crippen LogP contribution in [0, 0.1) is 0 Å². The second kappa shape index (κ2) is 7.40. The highest BCUT2D eigenvalue weighted by Gasteiger charge is 2.10. The summed E-state index contributed by atoms with van der Waals surface area (Å²) in [6, 6.07) is 11.2. The summed E-state index contributed by atoms with van der Waals surface area (Å²) >= 11 is 3.41. The van der Waals surface area contributed by atoms with E-state index in [2.05, 4.69) is 33.4 Å². The number of nitrogens with one attached hydrogen (secondary N) is 1. The Bertz CT molecular complexity index is 707. The first-order valence-corrected chi connectivity index (χ1v) is 7.97. The standard InChI is InChI=1S/C17H19BrN2O2/c1-12(3-4-13-5-7-15(18)8-6-13)19-17(22)14-9-10-20(2)16(21)11-14/h5-12H,3-4H2,1-2H3,(H,19,22). The number of carbonyl (C=O) groups excluding carboxylic acids is 1. The molecule has 1 atom stereocenters. The number of rotatable bonds is 5. The Hall–Kier alpha value is -1.88. The average Bonchev–Trinajstić information content (AvgIpc) is 2.49. The van der Waals surface area contributed by atoms with E-state index in [9.17, 15) is 9.59 Å². The number of aryl methyl sites for hydroxylation is 2. The van der Waals surface area contributed by atoms with Crippen molar-refractivity contribution in [3.63, 3.8) is 0 Å². The molecule has 1 amide bonds. The van der Waals surface area contributed by atoms with Gasteiger partial charge in [0.15, 0.2) is 0 Å². The normalized spacial score (nSPS) is 12.0. The van der Waals surface area contributed by atoms with Crippen LogP contribution in [0.1, 0.15) is 29.3 Å². The Kier molecular flexibility index (Phi) is 5.55. The van der Waals surface area contributed by atoms with Crippen LogP contribution in [0.4, 0.5) is 0 Å². The van der Waals surface area contributed by atoms with Gasteiger partial charge in [-0.25, -0.2) is 0 Å². The fourth-order valence-corrected chi connectivity index (χ4v) is 2.37. The van der Waals surface area contributed by atoms with Crippen LogP contribution in [0.15, 0.2) is 51.9 Å². The van der Waals surface area contributed by atoms with Crippen molar-refractivity contribution in [2.45, 2.75) is 25.8 Å². The maximum atomic E-state index is 12.1. The topological polar surface area (TPSA) is 51.1 Å². The van der Waals surface area contributed by atoms with Crippen molar-refractivity contribution in [3.05, 3.63) is 68.5 Å². The first-order chi connectivity index (χ1) is 10.5. The smallest absolute Gasteiger partial charge is 0.251 e. The van der Waals surface area contributed by atoms with Crippen LogP contribution in [0.3, 0.4) is 0 Å². The van der Waals surface area contributed by atoms with Crippen molar-refractivity contribution >= 4 is 21.8 Å². The van der Waals surface area contributed by atoms with Gasteiger partial charge in [0, 0.05) is 35.4 Å². The summed E-state index contributed by atoms with van der Waals surface area (Å²) in [4.78, 5) is 23.7. The van der Waals surface area contributed by atoms with Gasteiger partial charge in [-0.1, -0.05) is 28.1 Å². The van der Waals surface area contributed by atoms with Gasteiger partial charge in [0.25, 0.3) is 11.5 Å². The number of hydrogen-bond acceptors (Lipinski definition) is 2. The van der Waals surface area contributed by atoms with Gasteiger partial charge in [-0.3, -0.25) is 9.59 Å². The molecule has 0 spiro atoms. The van der Waals surface area contributed by atoms with Crippen LogP contribution in [-0.4, -0.2) is 16.5 Å². The molecule has 1 N–H and O–H groups in total. The molecule has 1 heterocycles. The van der Waals surface area contributed by atoms with E-state index in [4.69, 9.17) is 0 Å². The van der Waals surface area contributed by atoms with Crippen molar-refractivity contribution in [2.75, 3.05) is 0 Å². The second-order valence-corrected chi connectivity index (χ2v) is 6.32. The molecule has 0 bridgehead atoms. The number of benzene rings is 1. The van der Waals surface area contributed by atoms with Crippen LogP contribution in [-0.2, 0) is 13.5 Å². The molecule has 5 heteroatoms. The predicted octanol–water partition coefficient (Wildman–Crippen LogP) is 2.90. The molecule has 0 aliphatic carbocycles. The molecule has 2 aromatic rings. The van der Waals surface area contributed by atoms with Gasteiger partial charge in [-0.15, -0.1) is 0 Å². The summed E-state index contributed by atoms with van der Waals surface area (Å²) in [7, 11) is 1.66. The Labute approximate surface area is 138 Å². The van der Waals surface area contributed by atoms with Crippen LogP contribution >= 0.6 is 15.9 Å². The Morgan fingerprint density at radius 2 is 1.95 bits per heavy atom. The minimum absolute atomic E-state index is 0.0419. The zero-order valence-electron chi connectivity index (χ0n) is 12.7. The molecule has 0 fully saturated rings. The van der Waals surface area contributed by atoms with E-state index in [0.29, 0.717) is 5.56 Å². The molecule has 0 saturated carbocycles. The molecular formula is C17H19BrN2O2. The second-order valence-electron chi connectivity index (χ2n) is 5.40. The molecule has 22 heavy (non-hydrogen) atoms. The molecule has 1 unspecified atom stereocenters. The number of hydrogen-bond donors (Lipinski definition) is 1. The van der Waals surface area contributed by atoms with Gasteiger partial charge >= 0.3 is 0 Å². The molecule has 0 saturated heterocycles. The van der Waals surface area contributed by atoms with E-state index in [-0.39, 0.29) is 17.5 Å². The first-order valence-electron chi connectivity index (χ1n) is 7.17. The number of nitrogens with zero attached hydrogens (tertiary/aromatic N) is 1. The Morgan fingerprint density at radius 3 is 2.59 bits per heavy atom. The lowest BCUT2D eigenvalue weighted by Crippen LogP contribution is -2.33. The summed E-state index contributed by atoms with van der Waals surface area (Å²) < 4.78 is 2.50. The van der Waals surface area contributed by atoms with Crippen molar-refractivity contribution in [2.24, 2.45) is 7.05 Å². The molecule has 0 radical (unpaired) electrons. The lowest BCUT2D eigenvalue weighted by atomic mass is 10.1. The zero-order chi connectivity index (χ0) is 16.1. The third kappa shape index (κ3) is 4.56. The molecule has 4 nitrogen and oxygen atoms in total. The van der Waals surface area contributed by atoms with Crippen LogP contribution in [0.25, 0.3) is 0 Å². The number of amides is 1. The summed E-state index contributed by atoms with van der Waals surface area (Å²) in [5.74, 6) is -0.207. The number of halogens is 1. The predicted molar refractivity (Wildman–Crippen MR) is 91.1 cm³/mol. The van der Waals surface area contributed by atoms with E-state index in [1.165, 1.54) is 16.2 Å². The zero-order valence-corrected chi connectivity index (χ0v) is 14.3. The van der Waals surface area contributed by atoms with Crippen LogP contribution in [0.2, 0.25) is 0 Å². The fraction of sp³-hybridized carbons (Fsp3) is 0.294. The third-order valence-electron chi connectivity index (χ3n) is 3.52. The molecule has 2 rings (SSSR count). The molecule has 1 aromatic carbocycles. The largest absolute Gasteiger partial charge is 0.350 e. The molecular weight excluding hydrogens is 344 g/mol. The van der Waals surface area contributed by atoms with E-state index in [1.807, 2.05) is 19.1 Å². The highest BCUT2D eigenvalue weighted by atomic mass is 79.9. The van der Waals surface area contributed by atoms with Gasteiger partial charge in [0.2, 0.25) is 0 Å². The molecule has 0 aliphatic rings. The van der Waals surface area contributed by atoms with E-state index in [0.717, 1.165) is 17.3 Å². The van der Waals surface area contributed by atoms with Crippen molar-refractivity contribution in [1.29, 1.82) is 0 Å². The third-order valence-corrected chi connectivity index (χ3v) is 4.05. The van der Waals surface area contributed by atoms with Gasteiger partial charge < -0.3 is 9.88 Å². The Morgan fingerprint density at radius 1 is 1.27 bits per heavy atom. The highest BCUT2D eigenvalue weighted by molar-refractivity contribution is 9.10. The van der Waals surface area contributed by atoms with Crippen LogP contribution < -0.4 is 10.9 Å². The lowest BCUT2D eigenvalue weighted by Gasteiger charge is -2.14. The van der Waals surface area contributed by atoms with Crippen molar-refractivity contribution in [3.8, 4) is 0 Å². The average molecular weight is 363 g/mol. The van der Waals surface area contributed by atoms with E-state index >= 15 is 0 Å². The van der Waals surface area contributed by atoms with Gasteiger partial charge in [0.05, 0.1) is 0 Å². The monoisotopic (exact) mass is 362 g/mol. The number of aromatic nitrogens is 1. The maximum Gasteiger partial charge on any atom is 0.251 e. The minimum Gasteiger partial charge on any atom is -0.350 e. The number of pyridine rings is 1. The Balaban J connectivity index is 1.89. The maximum absolute atomic E-state index is 12.1. The summed E-state index contributed by atoms with van der Waals surface area (Å²) in [5, 5.41) is 2.93. The van der Waals surface area contributed by atoms with E-state index < -0.39 is 0 Å². The lowest BCUT2D eigenvalue weighted by molar-refractivity contribution is 0.0938. The molecule has 0 aliphatic heterocycles. The first kappa shape index (κ1) is 16.5. The van der Waals surface area contributed by atoms with Crippen molar-refractivity contribution < 1.29 is 4.79 Å².